The molecule has 0 aromatic carbocycles. The predicted octanol–water partition coefficient (Wildman–Crippen LogP) is 6.66. The summed E-state index contributed by atoms with van der Waals surface area (Å²) in [6.07, 6.45) is 15.7. The molecule has 6 N–H and O–H groups in total. The van der Waals surface area contributed by atoms with E-state index < -0.39 is 0 Å². The van der Waals surface area contributed by atoms with Crippen molar-refractivity contribution in [2.75, 3.05) is 51.7 Å². The number of unbranched alkanes of at least 4 members (excludes halogenated alkanes) is 1. The zero-order valence-corrected chi connectivity index (χ0v) is 29.9. The fourth-order valence-corrected chi connectivity index (χ4v) is 3.91. The SMILES string of the molecule is CC(C)O.CCC(CO)CCNc1nc(NCC2=CC(OC)=CCC(OC)=C2)nc(C)c1/C(O)=C/c1ccncc1.CCCC.CO. The number of anilines is 2. The van der Waals surface area contributed by atoms with Crippen LogP contribution in [0.1, 0.15) is 83.5 Å². The summed E-state index contributed by atoms with van der Waals surface area (Å²) in [6, 6.07) is 3.63. The van der Waals surface area contributed by atoms with Crippen LogP contribution in [-0.4, -0.2) is 82.5 Å². The predicted molar refractivity (Wildman–Crippen MR) is 193 cm³/mol. The van der Waals surface area contributed by atoms with E-state index in [0.717, 1.165) is 42.6 Å². The van der Waals surface area contributed by atoms with E-state index in [1.165, 1.54) is 12.8 Å². The van der Waals surface area contributed by atoms with Crippen LogP contribution in [0.25, 0.3) is 11.8 Å². The molecule has 11 heteroatoms. The normalized spacial score (nSPS) is 13.0. The van der Waals surface area contributed by atoms with E-state index in [0.29, 0.717) is 42.5 Å². The lowest BCUT2D eigenvalue weighted by Gasteiger charge is -2.17. The number of aryl methyl sites for hydroxylation is 1. The Morgan fingerprint density at radius 2 is 1.64 bits per heavy atom. The molecule has 0 saturated carbocycles. The van der Waals surface area contributed by atoms with E-state index in [9.17, 15) is 10.2 Å². The lowest BCUT2D eigenvalue weighted by Crippen LogP contribution is -2.16. The van der Waals surface area contributed by atoms with Crippen LogP contribution in [-0.2, 0) is 9.47 Å². The Bertz CT molecular complexity index is 1240. The van der Waals surface area contributed by atoms with Gasteiger partial charge in [0.1, 0.15) is 17.3 Å². The third kappa shape index (κ3) is 18.1. The van der Waals surface area contributed by atoms with Crippen LogP contribution in [0.2, 0.25) is 0 Å². The van der Waals surface area contributed by atoms with E-state index in [-0.39, 0.29) is 24.4 Å². The maximum absolute atomic E-state index is 11.0. The van der Waals surface area contributed by atoms with Crippen molar-refractivity contribution in [1.82, 2.24) is 15.0 Å². The summed E-state index contributed by atoms with van der Waals surface area (Å²) >= 11 is 0. The van der Waals surface area contributed by atoms with Gasteiger partial charge in [0.15, 0.2) is 0 Å². The zero-order chi connectivity index (χ0) is 35.6. The van der Waals surface area contributed by atoms with Crippen LogP contribution < -0.4 is 10.6 Å². The van der Waals surface area contributed by atoms with Crippen LogP contribution in [0, 0.1) is 12.8 Å². The lowest BCUT2D eigenvalue weighted by atomic mass is 10.0. The van der Waals surface area contributed by atoms with Crippen molar-refractivity contribution in [3.05, 3.63) is 76.7 Å². The first-order chi connectivity index (χ1) is 22.6. The third-order valence-corrected chi connectivity index (χ3v) is 6.66. The van der Waals surface area contributed by atoms with Gasteiger partial charge >= 0.3 is 0 Å². The van der Waals surface area contributed by atoms with Gasteiger partial charge < -0.3 is 40.5 Å². The Morgan fingerprint density at radius 3 is 2.17 bits per heavy atom. The van der Waals surface area contributed by atoms with Crippen molar-refractivity contribution in [3.8, 4) is 0 Å². The summed E-state index contributed by atoms with van der Waals surface area (Å²) in [4.78, 5) is 13.3. The Kier molecular flexibility index (Phi) is 24.0. The molecular weight excluding hydrogens is 598 g/mol. The Balaban J connectivity index is 0.00000187. The first kappa shape index (κ1) is 43.1. The van der Waals surface area contributed by atoms with Gasteiger partial charge in [-0.05, 0) is 80.7 Å². The summed E-state index contributed by atoms with van der Waals surface area (Å²) in [5.74, 6) is 2.79. The smallest absolute Gasteiger partial charge is 0.225 e. The maximum atomic E-state index is 11.0. The van der Waals surface area contributed by atoms with Crippen molar-refractivity contribution < 1.29 is 29.9 Å². The summed E-state index contributed by atoms with van der Waals surface area (Å²) in [7, 11) is 4.29. The summed E-state index contributed by atoms with van der Waals surface area (Å²) in [5, 5.41) is 42.3. The first-order valence-electron chi connectivity index (χ1n) is 16.2. The number of pyridine rings is 1. The quantitative estimate of drug-likeness (QED) is 0.120. The molecule has 0 radical (unpaired) electrons. The summed E-state index contributed by atoms with van der Waals surface area (Å²) in [6.45, 7) is 12.9. The van der Waals surface area contributed by atoms with Crippen LogP contribution in [0.15, 0.2) is 59.8 Å². The molecule has 264 valence electrons. The van der Waals surface area contributed by atoms with Crippen LogP contribution >= 0.6 is 0 Å². The highest BCUT2D eigenvalue weighted by molar-refractivity contribution is 5.82. The molecule has 2 aromatic heterocycles. The summed E-state index contributed by atoms with van der Waals surface area (Å²) < 4.78 is 10.9. The molecule has 3 rings (SSSR count). The van der Waals surface area contributed by atoms with Gasteiger partial charge in [0.2, 0.25) is 5.95 Å². The van der Waals surface area contributed by atoms with Crippen molar-refractivity contribution in [2.45, 2.75) is 79.8 Å². The zero-order valence-electron chi connectivity index (χ0n) is 29.9. The Hall–Kier alpha value is -3.93. The first-order valence-corrected chi connectivity index (χ1v) is 16.2. The molecule has 1 unspecified atom stereocenters. The Morgan fingerprint density at radius 1 is 1.00 bits per heavy atom. The third-order valence-electron chi connectivity index (χ3n) is 6.66. The average molecular weight is 658 g/mol. The van der Waals surface area contributed by atoms with Gasteiger partial charge in [-0.3, -0.25) is 4.98 Å². The number of methoxy groups -OCH3 is 2. The van der Waals surface area contributed by atoms with Crippen LogP contribution in [0.4, 0.5) is 11.8 Å². The van der Waals surface area contributed by atoms with Gasteiger partial charge in [-0.15, -0.1) is 0 Å². The van der Waals surface area contributed by atoms with Gasteiger partial charge in [-0.25, -0.2) is 4.98 Å². The standard InChI is InChI=1S/C28H37N5O4.C4H10.C3H8O.CH4O/c1-5-20(18-34)10-13-30-27-26(25(35)16-21-8-11-29-12-9-21)19(2)32-28(33-27)31-17-22-14-23(36-3)6-7-24(15-22)37-4;1-3-4-2;1-3(2)4;1-2/h6,8-9,11-12,14-16,20,34-35H,5,7,10,13,17-18H2,1-4H3,(H2,30,31,32,33);3-4H2,1-2H3;3-4H,1-2H3;2H,1H3/b25-16-;;;. The highest BCUT2D eigenvalue weighted by atomic mass is 16.5. The number of nitrogens with zero attached hydrogens (tertiary/aromatic N) is 3. The highest BCUT2D eigenvalue weighted by Gasteiger charge is 2.17. The molecule has 1 aliphatic carbocycles. The van der Waals surface area contributed by atoms with Crippen LogP contribution in [0.3, 0.4) is 0 Å². The molecule has 0 saturated heterocycles. The van der Waals surface area contributed by atoms with Crippen molar-refractivity contribution in [2.24, 2.45) is 5.92 Å². The molecule has 1 aliphatic rings. The van der Waals surface area contributed by atoms with Crippen molar-refractivity contribution >= 4 is 23.6 Å². The molecule has 0 bridgehead atoms. The second-order valence-electron chi connectivity index (χ2n) is 10.8. The van der Waals surface area contributed by atoms with Gasteiger partial charge in [-0.1, -0.05) is 40.0 Å². The molecule has 0 fully saturated rings. The van der Waals surface area contributed by atoms with Gasteiger partial charge in [0, 0.05) is 51.7 Å². The van der Waals surface area contributed by atoms with E-state index in [4.69, 9.17) is 24.7 Å². The molecule has 1 atom stereocenters. The van der Waals surface area contributed by atoms with Gasteiger partial charge in [0.25, 0.3) is 0 Å². The molecule has 11 nitrogen and oxygen atoms in total. The number of rotatable bonds is 14. The number of nitrogens with one attached hydrogen (secondary N) is 2. The fraction of sp³-hybridized carbons (Fsp3) is 0.528. The van der Waals surface area contributed by atoms with Gasteiger partial charge in [-0.2, -0.15) is 4.98 Å². The van der Waals surface area contributed by atoms with E-state index >= 15 is 0 Å². The fourth-order valence-electron chi connectivity index (χ4n) is 3.91. The molecular formula is C36H59N5O6. The van der Waals surface area contributed by atoms with E-state index in [1.54, 1.807) is 46.5 Å². The molecule has 0 spiro atoms. The number of allylic oxidation sites excluding steroid dienone is 2. The number of ether oxygens (including phenoxy) is 2. The topological polar surface area (TPSA) is 162 Å². The largest absolute Gasteiger partial charge is 0.507 e. The number of hydrogen-bond acceptors (Lipinski definition) is 11. The lowest BCUT2D eigenvalue weighted by molar-refractivity contribution is 0.216. The Labute approximate surface area is 282 Å². The summed E-state index contributed by atoms with van der Waals surface area (Å²) in [5.41, 5.74) is 2.92. The number of aliphatic hydroxyl groups excluding tert-OH is 4. The maximum Gasteiger partial charge on any atom is 0.225 e. The second-order valence-corrected chi connectivity index (χ2v) is 10.8. The number of hydrogen-bond donors (Lipinski definition) is 6. The minimum atomic E-state index is -0.167. The average Bonchev–Trinajstić information content (AvgIpc) is 3.28. The molecule has 2 heterocycles. The molecule has 0 amide bonds. The second kappa shape index (κ2) is 26.2. The molecule has 0 aliphatic heterocycles. The number of aliphatic hydroxyl groups is 4. The van der Waals surface area contributed by atoms with Crippen LogP contribution in [0.5, 0.6) is 0 Å². The highest BCUT2D eigenvalue weighted by Crippen LogP contribution is 2.27. The van der Waals surface area contributed by atoms with Gasteiger partial charge in [0.05, 0.1) is 31.2 Å². The number of aromatic nitrogens is 3. The minimum Gasteiger partial charge on any atom is -0.507 e. The minimum absolute atomic E-state index is 0.0565. The van der Waals surface area contributed by atoms with E-state index in [1.807, 2.05) is 37.3 Å². The van der Waals surface area contributed by atoms with Crippen molar-refractivity contribution in [3.63, 3.8) is 0 Å². The van der Waals surface area contributed by atoms with Crippen molar-refractivity contribution in [1.29, 1.82) is 0 Å². The monoisotopic (exact) mass is 657 g/mol. The molecule has 47 heavy (non-hydrogen) atoms. The van der Waals surface area contributed by atoms with E-state index in [2.05, 4.69) is 41.4 Å². The molecule has 2 aromatic rings.